The number of ether oxygens (including phenoxy) is 1. The van der Waals surface area contributed by atoms with E-state index in [9.17, 15) is 9.18 Å². The summed E-state index contributed by atoms with van der Waals surface area (Å²) in [6.07, 6.45) is 0.257. The Morgan fingerprint density at radius 2 is 2.33 bits per heavy atom. The van der Waals surface area contributed by atoms with Gasteiger partial charge in [-0.15, -0.1) is 0 Å². The molecule has 0 amide bonds. The summed E-state index contributed by atoms with van der Waals surface area (Å²) in [5, 5.41) is 0. The first kappa shape index (κ1) is 8.40. The Kier molecular flexibility index (Phi) is 4.01. The first-order valence-electron chi connectivity index (χ1n) is 2.86. The second kappa shape index (κ2) is 4.30. The van der Waals surface area contributed by atoms with Crippen molar-refractivity contribution in [1.29, 1.82) is 0 Å². The van der Waals surface area contributed by atoms with Crippen LogP contribution in [0.1, 0.15) is 13.3 Å². The molecule has 0 radical (unpaired) electrons. The van der Waals surface area contributed by atoms with Crippen LogP contribution in [0.3, 0.4) is 0 Å². The zero-order chi connectivity index (χ0) is 7.28. The van der Waals surface area contributed by atoms with Crippen LogP contribution in [0.2, 0.25) is 0 Å². The smallest absolute Gasteiger partial charge is 0.308 e. The molecular formula is C6H11FO2. The molecule has 0 aliphatic rings. The number of alkyl halides is 1. The average Bonchev–Trinajstić information content (AvgIpc) is 1.87. The molecule has 0 saturated heterocycles. The van der Waals surface area contributed by atoms with Crippen LogP contribution in [-0.2, 0) is 9.53 Å². The van der Waals surface area contributed by atoms with E-state index >= 15 is 0 Å². The summed E-state index contributed by atoms with van der Waals surface area (Å²) >= 11 is 0. The minimum atomic E-state index is -0.462. The van der Waals surface area contributed by atoms with E-state index in [0.717, 1.165) is 0 Å². The van der Waals surface area contributed by atoms with Gasteiger partial charge in [-0.3, -0.25) is 9.18 Å². The fraction of sp³-hybridized carbons (Fsp3) is 0.833. The van der Waals surface area contributed by atoms with Crippen LogP contribution in [0.15, 0.2) is 0 Å². The SMILES string of the molecule is COC(=O)C(C)CCF. The largest absolute Gasteiger partial charge is 0.469 e. The molecule has 0 aromatic heterocycles. The van der Waals surface area contributed by atoms with E-state index in [2.05, 4.69) is 4.74 Å². The van der Waals surface area contributed by atoms with Crippen LogP contribution in [-0.4, -0.2) is 19.8 Å². The molecule has 0 aliphatic heterocycles. The van der Waals surface area contributed by atoms with Gasteiger partial charge in [0.25, 0.3) is 0 Å². The molecule has 0 aromatic rings. The van der Waals surface area contributed by atoms with Gasteiger partial charge in [0.1, 0.15) is 0 Å². The van der Waals surface area contributed by atoms with Gasteiger partial charge in [0.2, 0.25) is 0 Å². The lowest BCUT2D eigenvalue weighted by Crippen LogP contribution is -2.12. The number of hydrogen-bond donors (Lipinski definition) is 0. The van der Waals surface area contributed by atoms with Crippen LogP contribution in [0.5, 0.6) is 0 Å². The van der Waals surface area contributed by atoms with Crippen LogP contribution in [0, 0.1) is 5.92 Å². The monoisotopic (exact) mass is 134 g/mol. The normalized spacial score (nSPS) is 12.8. The van der Waals surface area contributed by atoms with Crippen molar-refractivity contribution < 1.29 is 13.9 Å². The molecule has 0 spiro atoms. The van der Waals surface area contributed by atoms with Gasteiger partial charge in [0.15, 0.2) is 0 Å². The Bertz CT molecular complexity index is 93.1. The molecule has 0 saturated carbocycles. The fourth-order valence-corrected chi connectivity index (χ4v) is 0.483. The molecule has 0 heterocycles. The molecular weight excluding hydrogens is 123 g/mol. The Morgan fingerprint density at radius 1 is 1.78 bits per heavy atom. The van der Waals surface area contributed by atoms with Gasteiger partial charge in [0.05, 0.1) is 19.7 Å². The zero-order valence-corrected chi connectivity index (χ0v) is 5.69. The van der Waals surface area contributed by atoms with Crippen LogP contribution in [0.25, 0.3) is 0 Å². The summed E-state index contributed by atoms with van der Waals surface area (Å²) in [6, 6.07) is 0. The highest BCUT2D eigenvalue weighted by Crippen LogP contribution is 2.02. The minimum Gasteiger partial charge on any atom is -0.469 e. The minimum absolute atomic E-state index is 0.257. The maximum absolute atomic E-state index is 11.5. The second-order valence-electron chi connectivity index (χ2n) is 1.90. The summed E-state index contributed by atoms with van der Waals surface area (Å²) in [6.45, 7) is 1.18. The van der Waals surface area contributed by atoms with Gasteiger partial charge in [-0.1, -0.05) is 6.92 Å². The van der Waals surface area contributed by atoms with Crippen molar-refractivity contribution in [1.82, 2.24) is 0 Å². The Labute approximate surface area is 54.0 Å². The summed E-state index contributed by atoms with van der Waals surface area (Å²) in [4.78, 5) is 10.5. The highest BCUT2D eigenvalue weighted by molar-refractivity contribution is 5.71. The number of halogens is 1. The van der Waals surface area contributed by atoms with E-state index in [4.69, 9.17) is 0 Å². The second-order valence-corrected chi connectivity index (χ2v) is 1.90. The molecule has 3 heteroatoms. The zero-order valence-electron chi connectivity index (χ0n) is 5.69. The van der Waals surface area contributed by atoms with Crippen molar-refractivity contribution in [3.8, 4) is 0 Å². The summed E-state index contributed by atoms with van der Waals surface area (Å²) < 4.78 is 15.9. The summed E-state index contributed by atoms with van der Waals surface area (Å²) in [5.41, 5.74) is 0. The number of carbonyl (C=O) groups excluding carboxylic acids is 1. The lowest BCUT2D eigenvalue weighted by atomic mass is 10.1. The number of hydrogen-bond acceptors (Lipinski definition) is 2. The van der Waals surface area contributed by atoms with Crippen molar-refractivity contribution in [2.24, 2.45) is 5.92 Å². The summed E-state index contributed by atoms with van der Waals surface area (Å²) in [7, 11) is 1.30. The van der Waals surface area contributed by atoms with Gasteiger partial charge in [-0.05, 0) is 6.42 Å². The van der Waals surface area contributed by atoms with E-state index in [1.807, 2.05) is 0 Å². The third-order valence-corrected chi connectivity index (χ3v) is 1.15. The molecule has 0 bridgehead atoms. The average molecular weight is 134 g/mol. The predicted octanol–water partition coefficient (Wildman–Crippen LogP) is 1.16. The van der Waals surface area contributed by atoms with Gasteiger partial charge in [-0.2, -0.15) is 0 Å². The van der Waals surface area contributed by atoms with Crippen molar-refractivity contribution in [3.05, 3.63) is 0 Å². The Hall–Kier alpha value is -0.600. The molecule has 2 nitrogen and oxygen atoms in total. The molecule has 1 unspecified atom stereocenters. The summed E-state index contributed by atoms with van der Waals surface area (Å²) in [5.74, 6) is -0.646. The fourth-order valence-electron chi connectivity index (χ4n) is 0.483. The Morgan fingerprint density at radius 3 is 2.67 bits per heavy atom. The van der Waals surface area contributed by atoms with Gasteiger partial charge < -0.3 is 4.74 Å². The van der Waals surface area contributed by atoms with E-state index < -0.39 is 6.67 Å². The van der Waals surface area contributed by atoms with Gasteiger partial charge >= 0.3 is 5.97 Å². The van der Waals surface area contributed by atoms with Gasteiger partial charge in [-0.25, -0.2) is 0 Å². The van der Waals surface area contributed by atoms with E-state index in [1.54, 1.807) is 6.92 Å². The highest BCUT2D eigenvalue weighted by Gasteiger charge is 2.11. The van der Waals surface area contributed by atoms with Crippen molar-refractivity contribution in [2.45, 2.75) is 13.3 Å². The van der Waals surface area contributed by atoms with Crippen LogP contribution < -0.4 is 0 Å². The maximum atomic E-state index is 11.5. The molecule has 54 valence electrons. The number of methoxy groups -OCH3 is 1. The Balaban J connectivity index is 3.45. The molecule has 0 fully saturated rings. The maximum Gasteiger partial charge on any atom is 0.308 e. The predicted molar refractivity (Wildman–Crippen MR) is 31.8 cm³/mol. The van der Waals surface area contributed by atoms with Gasteiger partial charge in [0, 0.05) is 0 Å². The first-order valence-corrected chi connectivity index (χ1v) is 2.86. The first-order chi connectivity index (χ1) is 4.22. The van der Waals surface area contributed by atoms with Crippen molar-refractivity contribution in [2.75, 3.05) is 13.8 Å². The van der Waals surface area contributed by atoms with Crippen molar-refractivity contribution in [3.63, 3.8) is 0 Å². The molecule has 0 aliphatic carbocycles. The third-order valence-electron chi connectivity index (χ3n) is 1.15. The molecule has 0 aromatic carbocycles. The van der Waals surface area contributed by atoms with E-state index in [-0.39, 0.29) is 18.3 Å². The number of carbonyl (C=O) groups is 1. The quantitative estimate of drug-likeness (QED) is 0.541. The van der Waals surface area contributed by atoms with Crippen molar-refractivity contribution >= 4 is 5.97 Å². The van der Waals surface area contributed by atoms with Crippen LogP contribution >= 0.6 is 0 Å². The molecule has 9 heavy (non-hydrogen) atoms. The lowest BCUT2D eigenvalue weighted by Gasteiger charge is -2.04. The number of esters is 1. The van der Waals surface area contributed by atoms with E-state index in [0.29, 0.717) is 0 Å². The lowest BCUT2D eigenvalue weighted by molar-refractivity contribution is -0.145. The molecule has 0 rings (SSSR count). The third kappa shape index (κ3) is 3.06. The number of rotatable bonds is 3. The van der Waals surface area contributed by atoms with E-state index in [1.165, 1.54) is 7.11 Å². The standard InChI is InChI=1S/C6H11FO2/c1-5(3-4-7)6(8)9-2/h5H,3-4H2,1-2H3. The molecule has 0 N–H and O–H groups in total. The topological polar surface area (TPSA) is 26.3 Å². The molecule has 1 atom stereocenters. The highest BCUT2D eigenvalue weighted by atomic mass is 19.1. The van der Waals surface area contributed by atoms with Crippen LogP contribution in [0.4, 0.5) is 4.39 Å².